The Bertz CT molecular complexity index is 413. The van der Waals surface area contributed by atoms with Gasteiger partial charge >= 0.3 is 0 Å². The van der Waals surface area contributed by atoms with Crippen molar-refractivity contribution in [1.29, 1.82) is 0 Å². The number of hydrogen-bond acceptors (Lipinski definition) is 2. The van der Waals surface area contributed by atoms with E-state index in [9.17, 15) is 0 Å². The number of rotatable bonds is 3. The van der Waals surface area contributed by atoms with E-state index in [0.29, 0.717) is 12.0 Å². The van der Waals surface area contributed by atoms with E-state index in [1.165, 1.54) is 31.4 Å². The van der Waals surface area contributed by atoms with Gasteiger partial charge in [-0.1, -0.05) is 13.3 Å². The Morgan fingerprint density at radius 3 is 2.72 bits per heavy atom. The zero-order valence-corrected chi connectivity index (χ0v) is 13.2. The van der Waals surface area contributed by atoms with Crippen molar-refractivity contribution in [2.75, 3.05) is 0 Å². The van der Waals surface area contributed by atoms with Crippen molar-refractivity contribution >= 4 is 15.9 Å². The van der Waals surface area contributed by atoms with Gasteiger partial charge in [0.05, 0.1) is 15.9 Å². The van der Waals surface area contributed by atoms with Crippen LogP contribution in [-0.2, 0) is 13.5 Å². The molecular weight excluding hydrogens is 290 g/mol. The average molecular weight is 314 g/mol. The molecule has 1 heterocycles. The van der Waals surface area contributed by atoms with Gasteiger partial charge in [0.25, 0.3) is 0 Å². The Morgan fingerprint density at radius 1 is 1.44 bits per heavy atom. The van der Waals surface area contributed by atoms with E-state index in [2.05, 4.69) is 28.0 Å². The van der Waals surface area contributed by atoms with Gasteiger partial charge in [0.2, 0.25) is 0 Å². The molecule has 0 spiro atoms. The Morgan fingerprint density at radius 2 is 2.17 bits per heavy atom. The third kappa shape index (κ3) is 2.80. The fourth-order valence-electron chi connectivity index (χ4n) is 3.14. The van der Waals surface area contributed by atoms with E-state index >= 15 is 0 Å². The molecule has 102 valence electrons. The molecule has 1 aromatic rings. The molecule has 1 aliphatic rings. The normalized spacial score (nSPS) is 28.6. The monoisotopic (exact) mass is 313 g/mol. The van der Waals surface area contributed by atoms with Gasteiger partial charge in [0, 0.05) is 13.1 Å². The number of nitrogens with two attached hydrogens (primary N) is 1. The van der Waals surface area contributed by atoms with Gasteiger partial charge < -0.3 is 5.73 Å². The van der Waals surface area contributed by atoms with Crippen LogP contribution in [0.25, 0.3) is 0 Å². The second-order valence-electron chi connectivity index (χ2n) is 5.69. The molecule has 4 heteroatoms. The summed E-state index contributed by atoms with van der Waals surface area (Å²) in [5.74, 6) is 1.47. The summed E-state index contributed by atoms with van der Waals surface area (Å²) in [6.07, 6.45) is 6.09. The molecule has 2 rings (SSSR count). The van der Waals surface area contributed by atoms with Gasteiger partial charge in [0.1, 0.15) is 0 Å². The van der Waals surface area contributed by atoms with Crippen molar-refractivity contribution in [1.82, 2.24) is 9.78 Å². The molecule has 0 aliphatic heterocycles. The van der Waals surface area contributed by atoms with Gasteiger partial charge in [-0.2, -0.15) is 5.10 Å². The Hall–Kier alpha value is -0.350. The molecule has 3 unspecified atom stereocenters. The summed E-state index contributed by atoms with van der Waals surface area (Å²) < 4.78 is 3.16. The Kier molecular flexibility index (Phi) is 4.49. The van der Waals surface area contributed by atoms with Crippen molar-refractivity contribution in [3.63, 3.8) is 0 Å². The highest BCUT2D eigenvalue weighted by molar-refractivity contribution is 9.10. The maximum atomic E-state index is 6.31. The second-order valence-corrected chi connectivity index (χ2v) is 6.48. The number of aromatic nitrogens is 2. The van der Waals surface area contributed by atoms with E-state index in [4.69, 9.17) is 5.73 Å². The molecule has 1 fully saturated rings. The standard InChI is InChI=1S/C14H24BrN3/c1-4-10-5-6-12(16)11(7-10)8-13-14(15)9(2)17-18(13)3/h10-12H,4-8,16H2,1-3H3. The summed E-state index contributed by atoms with van der Waals surface area (Å²) in [5, 5.41) is 4.47. The minimum atomic E-state index is 0.356. The van der Waals surface area contributed by atoms with Crippen molar-refractivity contribution in [3.05, 3.63) is 15.9 Å². The predicted molar refractivity (Wildman–Crippen MR) is 78.4 cm³/mol. The summed E-state index contributed by atoms with van der Waals surface area (Å²) in [6, 6.07) is 0.356. The van der Waals surface area contributed by atoms with Gasteiger partial charge in [-0.3, -0.25) is 4.68 Å². The Labute approximate surface area is 118 Å². The van der Waals surface area contributed by atoms with Crippen LogP contribution >= 0.6 is 15.9 Å². The van der Waals surface area contributed by atoms with Gasteiger partial charge in [-0.25, -0.2) is 0 Å². The minimum Gasteiger partial charge on any atom is -0.327 e. The molecule has 0 aromatic carbocycles. The van der Waals surface area contributed by atoms with Crippen molar-refractivity contribution in [2.45, 2.75) is 52.0 Å². The average Bonchev–Trinajstić information content (AvgIpc) is 2.58. The first kappa shape index (κ1) is 14.1. The molecule has 3 nitrogen and oxygen atoms in total. The first-order valence-electron chi connectivity index (χ1n) is 6.96. The summed E-state index contributed by atoms with van der Waals surface area (Å²) in [5.41, 5.74) is 8.67. The van der Waals surface area contributed by atoms with Crippen LogP contribution < -0.4 is 5.73 Å². The van der Waals surface area contributed by atoms with E-state index in [-0.39, 0.29) is 0 Å². The Balaban J connectivity index is 2.11. The molecule has 0 radical (unpaired) electrons. The van der Waals surface area contributed by atoms with Crippen LogP contribution in [0.2, 0.25) is 0 Å². The molecule has 1 saturated carbocycles. The van der Waals surface area contributed by atoms with Crippen LogP contribution in [0.5, 0.6) is 0 Å². The molecular formula is C14H24BrN3. The molecule has 0 bridgehead atoms. The number of aryl methyl sites for hydroxylation is 2. The summed E-state index contributed by atoms with van der Waals surface area (Å²) in [6.45, 7) is 4.34. The summed E-state index contributed by atoms with van der Waals surface area (Å²) in [4.78, 5) is 0. The van der Waals surface area contributed by atoms with E-state index in [1.807, 2.05) is 18.7 Å². The van der Waals surface area contributed by atoms with Crippen LogP contribution in [0, 0.1) is 18.8 Å². The number of nitrogens with zero attached hydrogens (tertiary/aromatic N) is 2. The third-order valence-corrected chi connectivity index (χ3v) is 5.48. The highest BCUT2D eigenvalue weighted by Gasteiger charge is 2.29. The van der Waals surface area contributed by atoms with E-state index in [0.717, 1.165) is 22.5 Å². The fraction of sp³-hybridized carbons (Fsp3) is 0.786. The maximum absolute atomic E-state index is 6.31. The van der Waals surface area contributed by atoms with Crippen molar-refractivity contribution in [3.8, 4) is 0 Å². The first-order chi connectivity index (χ1) is 8.52. The lowest BCUT2D eigenvalue weighted by atomic mass is 9.75. The highest BCUT2D eigenvalue weighted by Crippen LogP contribution is 2.34. The lowest BCUT2D eigenvalue weighted by molar-refractivity contribution is 0.224. The van der Waals surface area contributed by atoms with Crippen molar-refractivity contribution in [2.24, 2.45) is 24.6 Å². The van der Waals surface area contributed by atoms with Crippen LogP contribution in [0.15, 0.2) is 4.47 Å². The quantitative estimate of drug-likeness (QED) is 0.931. The maximum Gasteiger partial charge on any atom is 0.0738 e. The minimum absolute atomic E-state index is 0.356. The molecule has 2 N–H and O–H groups in total. The molecule has 1 aromatic heterocycles. The largest absolute Gasteiger partial charge is 0.327 e. The zero-order chi connectivity index (χ0) is 13.3. The molecule has 1 aliphatic carbocycles. The molecule has 0 saturated heterocycles. The highest BCUT2D eigenvalue weighted by atomic mass is 79.9. The smallest absolute Gasteiger partial charge is 0.0738 e. The van der Waals surface area contributed by atoms with Crippen LogP contribution in [-0.4, -0.2) is 15.8 Å². The number of hydrogen-bond donors (Lipinski definition) is 1. The van der Waals surface area contributed by atoms with Crippen LogP contribution in [0.4, 0.5) is 0 Å². The topological polar surface area (TPSA) is 43.8 Å². The predicted octanol–water partition coefficient (Wildman–Crippen LogP) is 3.19. The van der Waals surface area contributed by atoms with Gasteiger partial charge in [-0.05, 0) is 60.4 Å². The number of halogens is 1. The molecule has 18 heavy (non-hydrogen) atoms. The van der Waals surface area contributed by atoms with Gasteiger partial charge in [-0.15, -0.1) is 0 Å². The third-order valence-electron chi connectivity index (χ3n) is 4.44. The lowest BCUT2D eigenvalue weighted by Gasteiger charge is -2.33. The lowest BCUT2D eigenvalue weighted by Crippen LogP contribution is -2.37. The molecule has 3 atom stereocenters. The molecule has 0 amide bonds. The van der Waals surface area contributed by atoms with Gasteiger partial charge in [0.15, 0.2) is 0 Å². The fourth-order valence-corrected chi connectivity index (χ4v) is 3.64. The zero-order valence-electron chi connectivity index (χ0n) is 11.6. The first-order valence-corrected chi connectivity index (χ1v) is 7.75. The van der Waals surface area contributed by atoms with Crippen molar-refractivity contribution < 1.29 is 0 Å². The SMILES string of the molecule is CCC1CCC(N)C(Cc2c(Br)c(C)nn2C)C1. The van der Waals surface area contributed by atoms with Crippen LogP contribution in [0.1, 0.15) is 44.0 Å². The summed E-state index contributed by atoms with van der Waals surface area (Å²) >= 11 is 3.66. The summed E-state index contributed by atoms with van der Waals surface area (Å²) in [7, 11) is 2.03. The van der Waals surface area contributed by atoms with Crippen LogP contribution in [0.3, 0.4) is 0 Å². The van der Waals surface area contributed by atoms with E-state index in [1.54, 1.807) is 0 Å². The second kappa shape index (κ2) is 5.74. The van der Waals surface area contributed by atoms with E-state index < -0.39 is 0 Å².